The fraction of sp³-hybridized carbons (Fsp3) is 0.200. The molecule has 9 heteroatoms. The van der Waals surface area contributed by atoms with Gasteiger partial charge in [-0.2, -0.15) is 13.9 Å². The normalized spacial score (nSPS) is 12.2. The van der Waals surface area contributed by atoms with Gasteiger partial charge in [-0.15, -0.1) is 11.3 Å². The van der Waals surface area contributed by atoms with E-state index >= 15 is 0 Å². The SMILES string of the molecule is COCCN=c1scc(-c2ccc(OC(F)F)cc2)n1/N=C/c1ccccc1F. The molecule has 0 saturated carbocycles. The summed E-state index contributed by atoms with van der Waals surface area (Å²) in [5.74, 6) is -0.328. The van der Waals surface area contributed by atoms with E-state index in [4.69, 9.17) is 4.74 Å². The monoisotopic (exact) mass is 421 g/mol. The van der Waals surface area contributed by atoms with Crippen molar-refractivity contribution in [3.05, 3.63) is 70.1 Å². The number of hydrogen-bond donors (Lipinski definition) is 0. The zero-order chi connectivity index (χ0) is 20.6. The molecule has 3 rings (SSSR count). The number of alkyl halides is 2. The van der Waals surface area contributed by atoms with Gasteiger partial charge in [-0.1, -0.05) is 18.2 Å². The van der Waals surface area contributed by atoms with E-state index in [1.54, 1.807) is 42.1 Å². The Hall–Kier alpha value is -2.91. The van der Waals surface area contributed by atoms with Crippen LogP contribution in [-0.2, 0) is 4.74 Å². The van der Waals surface area contributed by atoms with Gasteiger partial charge in [0, 0.05) is 23.6 Å². The number of hydrogen-bond acceptors (Lipinski definition) is 5. The van der Waals surface area contributed by atoms with E-state index in [1.807, 2.05) is 5.38 Å². The Kier molecular flexibility index (Phi) is 7.20. The van der Waals surface area contributed by atoms with Gasteiger partial charge < -0.3 is 9.47 Å². The van der Waals surface area contributed by atoms with Crippen molar-refractivity contribution < 1.29 is 22.6 Å². The first-order valence-corrected chi connectivity index (χ1v) is 9.50. The molecule has 0 aliphatic carbocycles. The van der Waals surface area contributed by atoms with Crippen molar-refractivity contribution in [1.29, 1.82) is 0 Å². The smallest absolute Gasteiger partial charge is 0.387 e. The summed E-state index contributed by atoms with van der Waals surface area (Å²) < 4.78 is 49.6. The van der Waals surface area contributed by atoms with E-state index in [-0.39, 0.29) is 11.6 Å². The van der Waals surface area contributed by atoms with Crippen LogP contribution < -0.4 is 9.54 Å². The number of ether oxygens (including phenoxy) is 2. The van der Waals surface area contributed by atoms with Crippen molar-refractivity contribution >= 4 is 17.6 Å². The molecule has 1 heterocycles. The van der Waals surface area contributed by atoms with Gasteiger partial charge in [-0.05, 0) is 30.3 Å². The van der Waals surface area contributed by atoms with Gasteiger partial charge in [0.1, 0.15) is 11.6 Å². The van der Waals surface area contributed by atoms with E-state index in [9.17, 15) is 13.2 Å². The molecular weight excluding hydrogens is 403 g/mol. The fourth-order valence-corrected chi connectivity index (χ4v) is 3.32. The Balaban J connectivity index is 1.99. The van der Waals surface area contributed by atoms with Crippen LogP contribution in [0.2, 0.25) is 0 Å². The highest BCUT2D eigenvalue weighted by Gasteiger charge is 2.10. The van der Waals surface area contributed by atoms with Crippen LogP contribution in [0.1, 0.15) is 5.56 Å². The molecule has 29 heavy (non-hydrogen) atoms. The molecule has 0 unspecified atom stereocenters. The lowest BCUT2D eigenvalue weighted by Crippen LogP contribution is -2.14. The predicted octanol–water partition coefficient (Wildman–Crippen LogP) is 4.39. The van der Waals surface area contributed by atoms with Crippen LogP contribution in [0.4, 0.5) is 13.2 Å². The maximum Gasteiger partial charge on any atom is 0.387 e. The number of rotatable bonds is 8. The molecule has 0 aliphatic heterocycles. The predicted molar refractivity (Wildman–Crippen MR) is 106 cm³/mol. The van der Waals surface area contributed by atoms with Gasteiger partial charge in [0.15, 0.2) is 0 Å². The second kappa shape index (κ2) is 10.0. The molecule has 0 spiro atoms. The Morgan fingerprint density at radius 1 is 1.14 bits per heavy atom. The number of halogens is 3. The maximum atomic E-state index is 13.9. The maximum absolute atomic E-state index is 13.9. The number of thiazole rings is 1. The van der Waals surface area contributed by atoms with E-state index in [2.05, 4.69) is 14.8 Å². The molecule has 1 aromatic heterocycles. The lowest BCUT2D eigenvalue weighted by atomic mass is 10.2. The third-order valence-electron chi connectivity index (χ3n) is 3.82. The zero-order valence-electron chi connectivity index (χ0n) is 15.5. The molecule has 2 aromatic carbocycles. The van der Waals surface area contributed by atoms with Crippen LogP contribution in [0.15, 0.2) is 64.0 Å². The van der Waals surface area contributed by atoms with Crippen molar-refractivity contribution in [2.45, 2.75) is 6.61 Å². The van der Waals surface area contributed by atoms with Crippen LogP contribution in [0.3, 0.4) is 0 Å². The Morgan fingerprint density at radius 2 is 1.90 bits per heavy atom. The Morgan fingerprint density at radius 3 is 2.59 bits per heavy atom. The number of methoxy groups -OCH3 is 1. The first-order chi connectivity index (χ1) is 14.1. The molecule has 152 valence electrons. The van der Waals surface area contributed by atoms with Crippen LogP contribution >= 0.6 is 11.3 Å². The van der Waals surface area contributed by atoms with E-state index in [1.165, 1.54) is 35.8 Å². The average molecular weight is 421 g/mol. The van der Waals surface area contributed by atoms with Gasteiger partial charge in [0.2, 0.25) is 4.80 Å². The van der Waals surface area contributed by atoms with E-state index < -0.39 is 6.61 Å². The molecule has 0 atom stereocenters. The van der Waals surface area contributed by atoms with Crippen LogP contribution in [0, 0.1) is 5.82 Å². The number of aromatic nitrogens is 1. The van der Waals surface area contributed by atoms with Gasteiger partial charge in [0.05, 0.1) is 25.1 Å². The Bertz CT molecular complexity index is 1030. The van der Waals surface area contributed by atoms with Crippen molar-refractivity contribution in [3.8, 4) is 17.0 Å². The van der Waals surface area contributed by atoms with Gasteiger partial charge in [-0.25, -0.2) is 9.07 Å². The van der Waals surface area contributed by atoms with Crippen molar-refractivity contribution in [2.75, 3.05) is 20.3 Å². The topological polar surface area (TPSA) is 48.1 Å². The van der Waals surface area contributed by atoms with Crippen molar-refractivity contribution in [2.24, 2.45) is 10.1 Å². The van der Waals surface area contributed by atoms with Crippen LogP contribution in [0.25, 0.3) is 11.3 Å². The summed E-state index contributed by atoms with van der Waals surface area (Å²) in [4.78, 5) is 5.05. The summed E-state index contributed by atoms with van der Waals surface area (Å²) in [5, 5.41) is 6.24. The largest absolute Gasteiger partial charge is 0.435 e. The lowest BCUT2D eigenvalue weighted by molar-refractivity contribution is -0.0498. The second-order valence-corrected chi connectivity index (χ2v) is 6.60. The standard InChI is InChI=1S/C20H18F3N3O2S/c1-27-11-10-24-20-26(25-12-15-4-2-3-5-17(15)21)18(13-29-20)14-6-8-16(9-7-14)28-19(22)23/h2-9,12-13,19H,10-11H2,1H3/b24-20?,25-12+. The average Bonchev–Trinajstić information content (AvgIpc) is 3.10. The third kappa shape index (κ3) is 5.55. The highest BCUT2D eigenvalue weighted by molar-refractivity contribution is 7.07. The fourth-order valence-electron chi connectivity index (χ4n) is 2.46. The lowest BCUT2D eigenvalue weighted by Gasteiger charge is -2.07. The van der Waals surface area contributed by atoms with Gasteiger partial charge in [-0.3, -0.25) is 4.99 Å². The van der Waals surface area contributed by atoms with Crippen LogP contribution in [-0.4, -0.2) is 37.8 Å². The van der Waals surface area contributed by atoms with Crippen molar-refractivity contribution in [1.82, 2.24) is 4.68 Å². The summed E-state index contributed by atoms with van der Waals surface area (Å²) in [6.07, 6.45) is 1.41. The quantitative estimate of drug-likeness (QED) is 0.400. The Labute approximate surface area is 169 Å². The highest BCUT2D eigenvalue weighted by atomic mass is 32.1. The summed E-state index contributed by atoms with van der Waals surface area (Å²) in [7, 11) is 1.59. The second-order valence-electron chi connectivity index (χ2n) is 5.76. The number of benzene rings is 2. The van der Waals surface area contributed by atoms with E-state index in [0.717, 1.165) is 5.56 Å². The summed E-state index contributed by atoms with van der Waals surface area (Å²) in [6, 6.07) is 12.5. The zero-order valence-corrected chi connectivity index (χ0v) is 16.3. The third-order valence-corrected chi connectivity index (χ3v) is 4.67. The minimum Gasteiger partial charge on any atom is -0.435 e. The van der Waals surface area contributed by atoms with Gasteiger partial charge in [0.25, 0.3) is 0 Å². The summed E-state index contributed by atoms with van der Waals surface area (Å²) in [5.41, 5.74) is 1.74. The van der Waals surface area contributed by atoms with Gasteiger partial charge >= 0.3 is 6.61 Å². The molecule has 0 amide bonds. The molecule has 0 aliphatic rings. The molecule has 3 aromatic rings. The minimum absolute atomic E-state index is 0.0605. The summed E-state index contributed by atoms with van der Waals surface area (Å²) >= 11 is 1.36. The molecule has 0 radical (unpaired) electrons. The summed E-state index contributed by atoms with van der Waals surface area (Å²) in [6.45, 7) is -2.00. The highest BCUT2D eigenvalue weighted by Crippen LogP contribution is 2.24. The van der Waals surface area contributed by atoms with Crippen LogP contribution in [0.5, 0.6) is 5.75 Å². The molecule has 0 N–H and O–H groups in total. The molecular formula is C20H18F3N3O2S. The first-order valence-electron chi connectivity index (χ1n) is 8.62. The van der Waals surface area contributed by atoms with E-state index in [0.29, 0.717) is 29.2 Å². The molecule has 5 nitrogen and oxygen atoms in total. The molecule has 0 fully saturated rings. The minimum atomic E-state index is -2.89. The number of nitrogens with zero attached hydrogens (tertiary/aromatic N) is 3. The van der Waals surface area contributed by atoms with Crippen molar-refractivity contribution in [3.63, 3.8) is 0 Å². The molecule has 0 saturated heterocycles. The molecule has 0 bridgehead atoms. The first kappa shape index (κ1) is 20.8.